The quantitative estimate of drug-likeness (QED) is 0.869. The SMILES string of the molecule is CCN(c1ccncc1)S(=O)(=O)c1ccc2c(c1)CCO2. The fraction of sp³-hybridized carbons (Fsp3) is 0.267. The summed E-state index contributed by atoms with van der Waals surface area (Å²) in [7, 11) is -3.58. The van der Waals surface area contributed by atoms with Gasteiger partial charge in [0.05, 0.1) is 17.2 Å². The van der Waals surface area contributed by atoms with Gasteiger partial charge in [-0.15, -0.1) is 0 Å². The molecule has 1 aliphatic rings. The first-order valence-electron chi connectivity index (χ1n) is 6.81. The zero-order valence-electron chi connectivity index (χ0n) is 11.7. The largest absolute Gasteiger partial charge is 0.493 e. The zero-order chi connectivity index (χ0) is 14.9. The molecule has 0 amide bonds. The molecule has 2 heterocycles. The molecule has 3 rings (SSSR count). The Kier molecular flexibility index (Phi) is 3.55. The number of ether oxygens (including phenoxy) is 1. The van der Waals surface area contributed by atoms with Gasteiger partial charge >= 0.3 is 0 Å². The van der Waals surface area contributed by atoms with Crippen LogP contribution in [0.1, 0.15) is 12.5 Å². The monoisotopic (exact) mass is 304 g/mol. The van der Waals surface area contributed by atoms with Crippen molar-refractivity contribution in [2.45, 2.75) is 18.2 Å². The second-order valence-corrected chi connectivity index (χ2v) is 6.61. The molecule has 0 radical (unpaired) electrons. The molecule has 110 valence electrons. The maximum absolute atomic E-state index is 12.8. The van der Waals surface area contributed by atoms with E-state index in [9.17, 15) is 8.42 Å². The summed E-state index contributed by atoms with van der Waals surface area (Å²) in [5.74, 6) is 0.779. The average molecular weight is 304 g/mol. The highest BCUT2D eigenvalue weighted by molar-refractivity contribution is 7.92. The third-order valence-corrected chi connectivity index (χ3v) is 5.39. The van der Waals surface area contributed by atoms with Gasteiger partial charge in [-0.3, -0.25) is 9.29 Å². The van der Waals surface area contributed by atoms with Crippen LogP contribution in [-0.4, -0.2) is 26.6 Å². The molecule has 0 saturated heterocycles. The number of sulfonamides is 1. The van der Waals surface area contributed by atoms with Crippen molar-refractivity contribution in [3.05, 3.63) is 48.3 Å². The van der Waals surface area contributed by atoms with E-state index in [4.69, 9.17) is 4.74 Å². The second kappa shape index (κ2) is 5.37. The van der Waals surface area contributed by atoms with E-state index in [-0.39, 0.29) is 0 Å². The molecule has 0 fully saturated rings. The molecule has 0 N–H and O–H groups in total. The van der Waals surface area contributed by atoms with Gasteiger partial charge in [-0.2, -0.15) is 0 Å². The van der Waals surface area contributed by atoms with E-state index in [1.165, 1.54) is 4.31 Å². The Hall–Kier alpha value is -2.08. The summed E-state index contributed by atoms with van der Waals surface area (Å²) in [6, 6.07) is 8.43. The molecule has 0 unspecified atom stereocenters. The predicted octanol–water partition coefficient (Wildman–Crippen LogP) is 2.23. The molecule has 21 heavy (non-hydrogen) atoms. The Morgan fingerprint density at radius 3 is 2.71 bits per heavy atom. The van der Waals surface area contributed by atoms with Crippen LogP contribution in [0.3, 0.4) is 0 Å². The van der Waals surface area contributed by atoms with Crippen LogP contribution in [0.5, 0.6) is 5.75 Å². The van der Waals surface area contributed by atoms with Crippen LogP contribution in [0.15, 0.2) is 47.6 Å². The summed E-state index contributed by atoms with van der Waals surface area (Å²) in [5, 5.41) is 0. The van der Waals surface area contributed by atoms with E-state index >= 15 is 0 Å². The van der Waals surface area contributed by atoms with Crippen LogP contribution in [0.2, 0.25) is 0 Å². The van der Waals surface area contributed by atoms with Crippen LogP contribution in [0.25, 0.3) is 0 Å². The lowest BCUT2D eigenvalue weighted by Gasteiger charge is -2.22. The van der Waals surface area contributed by atoms with Gasteiger partial charge in [0.15, 0.2) is 0 Å². The fourth-order valence-corrected chi connectivity index (χ4v) is 3.98. The Labute approximate surface area is 124 Å². The van der Waals surface area contributed by atoms with E-state index in [1.54, 1.807) is 42.7 Å². The number of anilines is 1. The van der Waals surface area contributed by atoms with Gasteiger partial charge in [0.25, 0.3) is 10.0 Å². The fourth-order valence-electron chi connectivity index (χ4n) is 2.45. The molecule has 1 aromatic carbocycles. The van der Waals surface area contributed by atoms with Gasteiger partial charge in [-0.05, 0) is 42.8 Å². The number of pyridine rings is 1. The second-order valence-electron chi connectivity index (χ2n) is 4.74. The highest BCUT2D eigenvalue weighted by atomic mass is 32.2. The molecule has 6 heteroatoms. The minimum atomic E-state index is -3.58. The molecule has 0 atom stereocenters. The van der Waals surface area contributed by atoms with Gasteiger partial charge in [0.2, 0.25) is 0 Å². The molecule has 0 saturated carbocycles. The molecule has 0 aliphatic carbocycles. The van der Waals surface area contributed by atoms with E-state index in [2.05, 4.69) is 4.98 Å². The Morgan fingerprint density at radius 1 is 1.24 bits per heavy atom. The first-order valence-corrected chi connectivity index (χ1v) is 8.25. The lowest BCUT2D eigenvalue weighted by atomic mass is 10.2. The van der Waals surface area contributed by atoms with Gasteiger partial charge in [-0.1, -0.05) is 0 Å². The molecular formula is C15H16N2O3S. The summed E-state index contributed by atoms with van der Waals surface area (Å²) in [6.07, 6.45) is 3.92. The van der Waals surface area contributed by atoms with Crippen LogP contribution in [0.4, 0.5) is 5.69 Å². The highest BCUT2D eigenvalue weighted by Crippen LogP contribution is 2.30. The van der Waals surface area contributed by atoms with Gasteiger partial charge in [-0.25, -0.2) is 8.42 Å². The molecule has 1 aliphatic heterocycles. The molecule has 5 nitrogen and oxygen atoms in total. The van der Waals surface area contributed by atoms with E-state index in [0.717, 1.165) is 17.7 Å². The van der Waals surface area contributed by atoms with Crippen molar-refractivity contribution in [1.82, 2.24) is 4.98 Å². The van der Waals surface area contributed by atoms with Crippen LogP contribution in [0, 0.1) is 0 Å². The maximum atomic E-state index is 12.8. The number of benzene rings is 1. The highest BCUT2D eigenvalue weighted by Gasteiger charge is 2.25. The first-order chi connectivity index (χ1) is 10.1. The van der Waals surface area contributed by atoms with Crippen molar-refractivity contribution < 1.29 is 13.2 Å². The predicted molar refractivity (Wildman–Crippen MR) is 80.1 cm³/mol. The number of aromatic nitrogens is 1. The number of hydrogen-bond donors (Lipinski definition) is 0. The van der Waals surface area contributed by atoms with Crippen LogP contribution in [-0.2, 0) is 16.4 Å². The van der Waals surface area contributed by atoms with Crippen molar-refractivity contribution >= 4 is 15.7 Å². The minimum absolute atomic E-state index is 0.297. The number of rotatable bonds is 4. The Morgan fingerprint density at radius 2 is 2.00 bits per heavy atom. The number of nitrogens with zero attached hydrogens (tertiary/aromatic N) is 2. The normalized spacial score (nSPS) is 13.6. The summed E-state index contributed by atoms with van der Waals surface area (Å²) in [6.45, 7) is 2.79. The standard InChI is InChI=1S/C15H16N2O3S/c1-2-17(13-5-8-16-9-6-13)21(18,19)14-3-4-15-12(11-14)7-10-20-15/h3-6,8-9,11H,2,7,10H2,1H3. The molecule has 0 bridgehead atoms. The number of fused-ring (bicyclic) bond motifs is 1. The van der Waals surface area contributed by atoms with Crippen LogP contribution >= 0.6 is 0 Å². The minimum Gasteiger partial charge on any atom is -0.493 e. The van der Waals surface area contributed by atoms with Gasteiger partial charge < -0.3 is 4.74 Å². The maximum Gasteiger partial charge on any atom is 0.264 e. The molecule has 0 spiro atoms. The molecule has 2 aromatic rings. The topological polar surface area (TPSA) is 59.5 Å². The third kappa shape index (κ3) is 2.47. The summed E-state index contributed by atoms with van der Waals surface area (Å²) < 4.78 is 32.5. The summed E-state index contributed by atoms with van der Waals surface area (Å²) >= 11 is 0. The van der Waals surface area contributed by atoms with Gasteiger partial charge in [0, 0.05) is 25.4 Å². The van der Waals surface area contributed by atoms with Crippen molar-refractivity contribution in [3.8, 4) is 5.75 Å². The smallest absolute Gasteiger partial charge is 0.264 e. The van der Waals surface area contributed by atoms with E-state index in [1.807, 2.05) is 6.92 Å². The van der Waals surface area contributed by atoms with E-state index in [0.29, 0.717) is 23.7 Å². The zero-order valence-corrected chi connectivity index (χ0v) is 12.5. The van der Waals surface area contributed by atoms with Gasteiger partial charge in [0.1, 0.15) is 5.75 Å². The lowest BCUT2D eigenvalue weighted by Crippen LogP contribution is -2.30. The Bertz CT molecular complexity index is 745. The molecular weight excluding hydrogens is 288 g/mol. The molecule has 1 aromatic heterocycles. The van der Waals surface area contributed by atoms with E-state index < -0.39 is 10.0 Å². The summed E-state index contributed by atoms with van der Waals surface area (Å²) in [4.78, 5) is 4.22. The third-order valence-electron chi connectivity index (χ3n) is 3.49. The lowest BCUT2D eigenvalue weighted by molar-refractivity contribution is 0.356. The average Bonchev–Trinajstić information content (AvgIpc) is 2.96. The van der Waals surface area contributed by atoms with Crippen LogP contribution < -0.4 is 9.04 Å². The van der Waals surface area contributed by atoms with Crippen molar-refractivity contribution in [3.63, 3.8) is 0 Å². The van der Waals surface area contributed by atoms with Crippen molar-refractivity contribution in [1.29, 1.82) is 0 Å². The summed E-state index contributed by atoms with van der Waals surface area (Å²) in [5.41, 5.74) is 1.56. The first kappa shape index (κ1) is 13.9. The van der Waals surface area contributed by atoms with Crippen molar-refractivity contribution in [2.24, 2.45) is 0 Å². The number of hydrogen-bond acceptors (Lipinski definition) is 4. The van der Waals surface area contributed by atoms with Crippen molar-refractivity contribution in [2.75, 3.05) is 17.5 Å². The Balaban J connectivity index is 2.03.